The number of hydrogen-bond donors (Lipinski definition) is 2. The van der Waals surface area contributed by atoms with Crippen LogP contribution in [0, 0.1) is 0 Å². The Morgan fingerprint density at radius 3 is 2.17 bits per heavy atom. The summed E-state index contributed by atoms with van der Waals surface area (Å²) in [6, 6.07) is 6.81. The highest BCUT2D eigenvalue weighted by molar-refractivity contribution is 8.23. The van der Waals surface area contributed by atoms with Gasteiger partial charge in [-0.25, -0.2) is 0 Å². The lowest BCUT2D eigenvalue weighted by atomic mass is 9.85. The third-order valence-corrected chi connectivity index (χ3v) is 5.37. The van der Waals surface area contributed by atoms with E-state index in [-0.39, 0.29) is 30.5 Å². The number of fused-ring (bicyclic) bond motifs is 1. The van der Waals surface area contributed by atoms with Gasteiger partial charge in [0.1, 0.15) is 4.32 Å². The molecule has 1 aliphatic carbocycles. The smallest absolute Gasteiger partial charge is 0.191 e. The molecule has 7 heteroatoms. The molecule has 0 aromatic heterocycles. The summed E-state index contributed by atoms with van der Waals surface area (Å²) in [6.45, 7) is 2.15. The molecule has 0 spiro atoms. The molecular formula is C17H19NO4S2. The van der Waals surface area contributed by atoms with Crippen molar-refractivity contribution >= 4 is 39.9 Å². The van der Waals surface area contributed by atoms with Crippen LogP contribution in [-0.2, 0) is 0 Å². The van der Waals surface area contributed by atoms with E-state index in [1.807, 2.05) is 0 Å². The van der Waals surface area contributed by atoms with Crippen LogP contribution in [0.25, 0.3) is 0 Å². The molecule has 2 N–H and O–H groups in total. The minimum atomic E-state index is -0.145. The first kappa shape index (κ1) is 18.8. The Bertz CT molecular complexity index is 694. The molecule has 0 fully saturated rings. The van der Waals surface area contributed by atoms with Gasteiger partial charge in [0.05, 0.1) is 13.2 Å². The molecule has 0 aliphatic heterocycles. The molecule has 0 atom stereocenters. The average Bonchev–Trinajstić information content (AvgIpc) is 2.59. The molecule has 0 unspecified atom stereocenters. The van der Waals surface area contributed by atoms with Crippen LogP contribution in [0.2, 0.25) is 0 Å². The zero-order valence-electron chi connectivity index (χ0n) is 13.3. The van der Waals surface area contributed by atoms with Crippen molar-refractivity contribution < 1.29 is 19.8 Å². The topological polar surface area (TPSA) is 77.8 Å². The van der Waals surface area contributed by atoms with Crippen molar-refractivity contribution in [2.45, 2.75) is 6.92 Å². The van der Waals surface area contributed by atoms with Crippen LogP contribution in [0.1, 0.15) is 27.6 Å². The maximum Gasteiger partial charge on any atom is 0.191 e. The number of aliphatic hydroxyl groups is 2. The maximum atomic E-state index is 12.6. The third-order valence-electron chi connectivity index (χ3n) is 3.82. The molecule has 0 radical (unpaired) electrons. The molecule has 2 rings (SSSR count). The van der Waals surface area contributed by atoms with Gasteiger partial charge in [-0.15, -0.1) is 0 Å². The van der Waals surface area contributed by atoms with Crippen molar-refractivity contribution in [1.29, 1.82) is 0 Å². The fraction of sp³-hybridized carbons (Fsp3) is 0.353. The van der Waals surface area contributed by atoms with Gasteiger partial charge in [0, 0.05) is 41.1 Å². The van der Waals surface area contributed by atoms with Crippen molar-refractivity contribution in [2.24, 2.45) is 0 Å². The molecule has 1 aromatic carbocycles. The molecule has 0 saturated carbocycles. The molecular weight excluding hydrogens is 346 g/mol. The zero-order chi connectivity index (χ0) is 17.7. The number of rotatable bonds is 6. The Morgan fingerprint density at radius 2 is 1.62 bits per heavy atom. The van der Waals surface area contributed by atoms with Gasteiger partial charge in [0.15, 0.2) is 11.6 Å². The van der Waals surface area contributed by atoms with E-state index < -0.39 is 0 Å². The number of thioether (sulfide) groups is 1. The van der Waals surface area contributed by atoms with Crippen LogP contribution in [-0.4, -0.2) is 63.1 Å². The Balaban J connectivity index is 2.15. The van der Waals surface area contributed by atoms with E-state index >= 15 is 0 Å². The van der Waals surface area contributed by atoms with Crippen LogP contribution >= 0.6 is 24.0 Å². The minimum Gasteiger partial charge on any atom is -0.395 e. The van der Waals surface area contributed by atoms with E-state index in [1.54, 1.807) is 36.1 Å². The first-order valence-electron chi connectivity index (χ1n) is 7.52. The van der Waals surface area contributed by atoms with Crippen molar-refractivity contribution in [3.8, 4) is 0 Å². The molecule has 5 nitrogen and oxygen atoms in total. The van der Waals surface area contributed by atoms with Crippen molar-refractivity contribution in [3.63, 3.8) is 0 Å². The lowest BCUT2D eigenvalue weighted by Gasteiger charge is -2.24. The second kappa shape index (κ2) is 8.53. The molecule has 0 bridgehead atoms. The summed E-state index contributed by atoms with van der Waals surface area (Å²) in [5, 5.41) is 18.1. The Kier molecular flexibility index (Phi) is 6.68. The molecule has 0 saturated heterocycles. The summed E-state index contributed by atoms with van der Waals surface area (Å²) >= 11 is 6.57. The maximum absolute atomic E-state index is 12.6. The fourth-order valence-electron chi connectivity index (χ4n) is 2.49. The molecule has 128 valence electrons. The van der Waals surface area contributed by atoms with Crippen LogP contribution in [0.5, 0.6) is 0 Å². The van der Waals surface area contributed by atoms with Gasteiger partial charge in [-0.05, 0) is 6.92 Å². The largest absolute Gasteiger partial charge is 0.395 e. The summed E-state index contributed by atoms with van der Waals surface area (Å²) in [4.78, 5) is 26.8. The lowest BCUT2D eigenvalue weighted by molar-refractivity contribution is 0.0975. The standard InChI is InChI=1S/C17H19NO4S2/c1-11-14(10-24-17(23)18(6-8-19)7-9-20)16(22)13-5-3-2-4-12(13)15(11)21/h2-5,19-20H,6-10H2,1H3. The highest BCUT2D eigenvalue weighted by Crippen LogP contribution is 2.28. The monoisotopic (exact) mass is 365 g/mol. The molecule has 0 amide bonds. The highest BCUT2D eigenvalue weighted by Gasteiger charge is 2.29. The van der Waals surface area contributed by atoms with Crippen LogP contribution in [0.15, 0.2) is 35.4 Å². The number of carbonyl (C=O) groups is 2. The number of aliphatic hydroxyl groups excluding tert-OH is 2. The third kappa shape index (κ3) is 3.92. The fourth-order valence-corrected chi connectivity index (χ4v) is 3.83. The minimum absolute atomic E-state index is 0.0762. The number of nitrogens with zero attached hydrogens (tertiary/aromatic N) is 1. The summed E-state index contributed by atoms with van der Waals surface area (Å²) in [5.74, 6) is 0.0138. The van der Waals surface area contributed by atoms with E-state index in [0.717, 1.165) is 0 Å². The number of carbonyl (C=O) groups excluding carboxylic acids is 2. The molecule has 0 heterocycles. The van der Waals surface area contributed by atoms with E-state index in [9.17, 15) is 9.59 Å². The number of allylic oxidation sites excluding steroid dienone is 1. The summed E-state index contributed by atoms with van der Waals surface area (Å²) in [6.07, 6.45) is 0. The van der Waals surface area contributed by atoms with E-state index in [1.165, 1.54) is 11.8 Å². The molecule has 24 heavy (non-hydrogen) atoms. The van der Waals surface area contributed by atoms with Gasteiger partial charge in [-0.1, -0.05) is 48.2 Å². The van der Waals surface area contributed by atoms with Crippen molar-refractivity contribution in [3.05, 3.63) is 46.5 Å². The van der Waals surface area contributed by atoms with E-state index in [2.05, 4.69) is 0 Å². The van der Waals surface area contributed by atoms with Crippen LogP contribution in [0.4, 0.5) is 0 Å². The van der Waals surface area contributed by atoms with Gasteiger partial charge >= 0.3 is 0 Å². The van der Waals surface area contributed by atoms with Crippen molar-refractivity contribution in [2.75, 3.05) is 32.1 Å². The van der Waals surface area contributed by atoms with Crippen LogP contribution in [0.3, 0.4) is 0 Å². The Labute approximate surface area is 150 Å². The molecule has 1 aliphatic rings. The van der Waals surface area contributed by atoms with Gasteiger partial charge in [0.25, 0.3) is 0 Å². The number of hydrogen-bond acceptors (Lipinski definition) is 6. The SMILES string of the molecule is CC1=C(CSC(=S)N(CCO)CCO)C(=O)c2ccccc2C1=O. The predicted octanol–water partition coefficient (Wildman–Crippen LogP) is 1.69. The number of Topliss-reactive ketones (excluding diaryl/α,β-unsaturated/α-hetero) is 2. The van der Waals surface area contributed by atoms with E-state index in [4.69, 9.17) is 22.4 Å². The predicted molar refractivity (Wildman–Crippen MR) is 98.6 cm³/mol. The molecule has 1 aromatic rings. The first-order chi connectivity index (χ1) is 11.5. The zero-order valence-corrected chi connectivity index (χ0v) is 15.0. The number of benzene rings is 1. The van der Waals surface area contributed by atoms with Crippen molar-refractivity contribution in [1.82, 2.24) is 4.90 Å². The summed E-state index contributed by atoms with van der Waals surface area (Å²) in [7, 11) is 0. The van der Waals surface area contributed by atoms with E-state index in [0.29, 0.717) is 39.7 Å². The average molecular weight is 365 g/mol. The second-order valence-corrected chi connectivity index (χ2v) is 6.91. The summed E-state index contributed by atoms with van der Waals surface area (Å²) in [5.41, 5.74) is 1.78. The van der Waals surface area contributed by atoms with Crippen LogP contribution < -0.4 is 0 Å². The number of thiocarbonyl (C=S) groups is 1. The summed E-state index contributed by atoms with van der Waals surface area (Å²) < 4.78 is 0.484. The number of ketones is 2. The quantitative estimate of drug-likeness (QED) is 0.743. The lowest BCUT2D eigenvalue weighted by Crippen LogP contribution is -2.33. The van der Waals surface area contributed by atoms with Gasteiger partial charge < -0.3 is 15.1 Å². The van der Waals surface area contributed by atoms with Gasteiger partial charge in [-0.2, -0.15) is 0 Å². The van der Waals surface area contributed by atoms with Gasteiger partial charge in [0.2, 0.25) is 0 Å². The Hall–Kier alpha value is -1.54. The normalized spacial score (nSPS) is 14.0. The highest BCUT2D eigenvalue weighted by atomic mass is 32.2. The first-order valence-corrected chi connectivity index (χ1v) is 8.92. The Morgan fingerprint density at radius 1 is 1.08 bits per heavy atom. The van der Waals surface area contributed by atoms with Gasteiger partial charge in [-0.3, -0.25) is 9.59 Å². The second-order valence-electron chi connectivity index (χ2n) is 5.30.